The number of amides is 2. The van der Waals surface area contributed by atoms with Crippen molar-refractivity contribution in [3.8, 4) is 0 Å². The lowest BCUT2D eigenvalue weighted by molar-refractivity contribution is -0.114. The van der Waals surface area contributed by atoms with Gasteiger partial charge in [0.05, 0.1) is 6.54 Å². The van der Waals surface area contributed by atoms with E-state index in [9.17, 15) is 9.59 Å². The normalized spacial score (nSPS) is 10.1. The Bertz CT molecular complexity index is 689. The number of methoxy groups -OCH3 is 1. The molecule has 0 aliphatic heterocycles. The number of hydrogen-bond donors (Lipinski definition) is 3. The molecule has 3 N–H and O–H groups in total. The highest BCUT2D eigenvalue weighted by atomic mass is 16.5. The summed E-state index contributed by atoms with van der Waals surface area (Å²) >= 11 is 0. The highest BCUT2D eigenvalue weighted by Gasteiger charge is 2.07. The number of ether oxygens (including phenoxy) is 1. The largest absolute Gasteiger partial charge is 0.385 e. The van der Waals surface area contributed by atoms with Crippen LogP contribution in [0.4, 0.5) is 11.4 Å². The molecule has 6 nitrogen and oxygen atoms in total. The van der Waals surface area contributed by atoms with Crippen LogP contribution in [0.25, 0.3) is 0 Å². The zero-order chi connectivity index (χ0) is 17.9. The number of carbonyl (C=O) groups is 2. The Hall–Kier alpha value is -2.86. The first-order valence-corrected chi connectivity index (χ1v) is 8.15. The summed E-state index contributed by atoms with van der Waals surface area (Å²) in [6.45, 7) is 1.30. The van der Waals surface area contributed by atoms with Crippen molar-refractivity contribution < 1.29 is 14.3 Å². The Balaban J connectivity index is 1.83. The minimum absolute atomic E-state index is 0.150. The third-order valence-corrected chi connectivity index (χ3v) is 3.45. The maximum Gasteiger partial charge on any atom is 0.251 e. The monoisotopic (exact) mass is 341 g/mol. The predicted octanol–water partition coefficient (Wildman–Crippen LogP) is 2.50. The quantitative estimate of drug-likeness (QED) is 0.612. The van der Waals surface area contributed by atoms with Crippen LogP contribution in [0.2, 0.25) is 0 Å². The van der Waals surface area contributed by atoms with Crippen LogP contribution in [-0.2, 0) is 9.53 Å². The molecule has 0 aliphatic rings. The average molecular weight is 341 g/mol. The number of para-hydroxylation sites is 1. The molecule has 0 atom stereocenters. The second kappa shape index (κ2) is 10.1. The van der Waals surface area contributed by atoms with E-state index in [0.29, 0.717) is 24.4 Å². The van der Waals surface area contributed by atoms with Crippen molar-refractivity contribution in [3.05, 3.63) is 60.2 Å². The van der Waals surface area contributed by atoms with E-state index in [1.807, 2.05) is 30.3 Å². The fourth-order valence-corrected chi connectivity index (χ4v) is 2.20. The lowest BCUT2D eigenvalue weighted by atomic mass is 10.2. The Morgan fingerprint density at radius 3 is 2.52 bits per heavy atom. The van der Waals surface area contributed by atoms with Crippen molar-refractivity contribution in [1.29, 1.82) is 0 Å². The van der Waals surface area contributed by atoms with Crippen LogP contribution in [-0.4, -0.2) is 38.6 Å². The van der Waals surface area contributed by atoms with Crippen molar-refractivity contribution in [2.45, 2.75) is 6.42 Å². The molecule has 25 heavy (non-hydrogen) atoms. The summed E-state index contributed by atoms with van der Waals surface area (Å²) in [6.07, 6.45) is 0.754. The van der Waals surface area contributed by atoms with Crippen molar-refractivity contribution in [2.75, 3.05) is 37.4 Å². The molecule has 2 rings (SSSR count). The van der Waals surface area contributed by atoms with E-state index in [2.05, 4.69) is 16.0 Å². The molecule has 6 heteroatoms. The number of hydrogen-bond acceptors (Lipinski definition) is 4. The van der Waals surface area contributed by atoms with Crippen LogP contribution in [0.5, 0.6) is 0 Å². The van der Waals surface area contributed by atoms with Crippen LogP contribution in [0.3, 0.4) is 0 Å². The van der Waals surface area contributed by atoms with Gasteiger partial charge in [0.1, 0.15) is 0 Å². The first kappa shape index (κ1) is 18.5. The first-order chi connectivity index (χ1) is 12.2. The van der Waals surface area contributed by atoms with Crippen molar-refractivity contribution in [1.82, 2.24) is 5.32 Å². The van der Waals surface area contributed by atoms with Crippen LogP contribution < -0.4 is 16.0 Å². The zero-order valence-electron chi connectivity index (χ0n) is 14.2. The summed E-state index contributed by atoms with van der Waals surface area (Å²) in [5.41, 5.74) is 1.97. The molecule has 0 aromatic heterocycles. The molecule has 0 saturated carbocycles. The van der Waals surface area contributed by atoms with Gasteiger partial charge in [-0.05, 0) is 36.8 Å². The van der Waals surface area contributed by atoms with Gasteiger partial charge in [0, 0.05) is 37.2 Å². The molecule has 2 aromatic carbocycles. The van der Waals surface area contributed by atoms with Gasteiger partial charge in [-0.15, -0.1) is 0 Å². The van der Waals surface area contributed by atoms with Crippen molar-refractivity contribution >= 4 is 23.2 Å². The number of nitrogens with one attached hydrogen (secondary N) is 3. The molecular formula is C19H23N3O3. The summed E-state index contributed by atoms with van der Waals surface area (Å²) in [6, 6.07) is 16.4. The van der Waals surface area contributed by atoms with E-state index < -0.39 is 0 Å². The number of anilines is 2. The van der Waals surface area contributed by atoms with E-state index in [1.54, 1.807) is 31.4 Å². The second-order valence-corrected chi connectivity index (χ2v) is 5.45. The Morgan fingerprint density at radius 1 is 1.00 bits per heavy atom. The van der Waals surface area contributed by atoms with Gasteiger partial charge in [-0.3, -0.25) is 9.59 Å². The van der Waals surface area contributed by atoms with Gasteiger partial charge in [0.25, 0.3) is 5.91 Å². The van der Waals surface area contributed by atoms with E-state index >= 15 is 0 Å². The van der Waals surface area contributed by atoms with E-state index in [4.69, 9.17) is 4.74 Å². The molecule has 0 spiro atoms. The molecule has 0 fully saturated rings. The SMILES string of the molecule is COCCCNC(=O)c1cccc(NC(=O)CNc2ccccc2)c1. The molecule has 0 radical (unpaired) electrons. The van der Waals surface area contributed by atoms with E-state index in [-0.39, 0.29) is 18.4 Å². The summed E-state index contributed by atoms with van der Waals surface area (Å²) in [4.78, 5) is 24.1. The van der Waals surface area contributed by atoms with Crippen LogP contribution >= 0.6 is 0 Å². The van der Waals surface area contributed by atoms with E-state index in [0.717, 1.165) is 12.1 Å². The summed E-state index contributed by atoms with van der Waals surface area (Å²) in [7, 11) is 1.63. The molecule has 2 aromatic rings. The van der Waals surface area contributed by atoms with Crippen molar-refractivity contribution in [3.63, 3.8) is 0 Å². The topological polar surface area (TPSA) is 79.5 Å². The highest BCUT2D eigenvalue weighted by Crippen LogP contribution is 2.11. The third-order valence-electron chi connectivity index (χ3n) is 3.45. The van der Waals surface area contributed by atoms with E-state index in [1.165, 1.54) is 0 Å². The Labute approximate surface area is 147 Å². The summed E-state index contributed by atoms with van der Waals surface area (Å²) in [5, 5.41) is 8.64. The molecule has 132 valence electrons. The predicted molar refractivity (Wildman–Crippen MR) is 98.8 cm³/mol. The molecule has 0 aliphatic carbocycles. The van der Waals surface area contributed by atoms with Gasteiger partial charge >= 0.3 is 0 Å². The van der Waals surface area contributed by atoms with Crippen LogP contribution in [0, 0.1) is 0 Å². The summed E-state index contributed by atoms with van der Waals surface area (Å²) < 4.78 is 4.94. The second-order valence-electron chi connectivity index (χ2n) is 5.45. The van der Waals surface area contributed by atoms with Gasteiger partial charge in [0.2, 0.25) is 5.91 Å². The fourth-order valence-electron chi connectivity index (χ4n) is 2.20. The minimum atomic E-state index is -0.179. The molecule has 2 amide bonds. The molecule has 0 unspecified atom stereocenters. The van der Waals surface area contributed by atoms with Gasteiger partial charge in [0.15, 0.2) is 0 Å². The maximum atomic E-state index is 12.1. The number of benzene rings is 2. The standard InChI is InChI=1S/C19H23N3O3/c1-25-12-6-11-20-19(24)15-7-5-10-17(13-15)22-18(23)14-21-16-8-3-2-4-9-16/h2-5,7-10,13,21H,6,11-12,14H2,1H3,(H,20,24)(H,22,23). The smallest absolute Gasteiger partial charge is 0.251 e. The van der Waals surface area contributed by atoms with Gasteiger partial charge < -0.3 is 20.7 Å². The summed E-state index contributed by atoms with van der Waals surface area (Å²) in [5.74, 6) is -0.351. The first-order valence-electron chi connectivity index (χ1n) is 8.15. The fraction of sp³-hybridized carbons (Fsp3) is 0.263. The molecule has 0 bridgehead atoms. The zero-order valence-corrected chi connectivity index (χ0v) is 14.2. The van der Waals surface area contributed by atoms with Gasteiger partial charge in [-0.1, -0.05) is 24.3 Å². The molecule has 0 heterocycles. The molecule has 0 saturated heterocycles. The Kier molecular flexibility index (Phi) is 7.46. The van der Waals surface area contributed by atoms with Crippen LogP contribution in [0.1, 0.15) is 16.8 Å². The average Bonchev–Trinajstić information content (AvgIpc) is 2.64. The minimum Gasteiger partial charge on any atom is -0.385 e. The van der Waals surface area contributed by atoms with Gasteiger partial charge in [-0.25, -0.2) is 0 Å². The number of carbonyl (C=O) groups excluding carboxylic acids is 2. The third kappa shape index (κ3) is 6.64. The van der Waals surface area contributed by atoms with Crippen LogP contribution in [0.15, 0.2) is 54.6 Å². The molecular weight excluding hydrogens is 318 g/mol. The Morgan fingerprint density at radius 2 is 1.76 bits per heavy atom. The van der Waals surface area contributed by atoms with Gasteiger partial charge in [-0.2, -0.15) is 0 Å². The van der Waals surface area contributed by atoms with Crippen molar-refractivity contribution in [2.24, 2.45) is 0 Å². The number of rotatable bonds is 9. The highest BCUT2D eigenvalue weighted by molar-refractivity contribution is 5.98. The lowest BCUT2D eigenvalue weighted by Gasteiger charge is -2.09. The lowest BCUT2D eigenvalue weighted by Crippen LogP contribution is -2.25. The maximum absolute atomic E-state index is 12.1.